The number of piperazine rings is 1. The highest BCUT2D eigenvalue weighted by Crippen LogP contribution is 2.29. The molecule has 162 valence electrons. The zero-order valence-corrected chi connectivity index (χ0v) is 17.3. The minimum Gasteiger partial charge on any atom is -0.490 e. The molecule has 0 atom stereocenters. The van der Waals surface area contributed by atoms with Crippen molar-refractivity contribution in [2.75, 3.05) is 32.8 Å². The molecule has 2 aromatic rings. The summed E-state index contributed by atoms with van der Waals surface area (Å²) in [5.41, 5.74) is 1.70. The fourth-order valence-corrected chi connectivity index (χ4v) is 4.47. The number of halogens is 1. The van der Waals surface area contributed by atoms with E-state index in [1.165, 1.54) is 11.0 Å². The van der Waals surface area contributed by atoms with E-state index in [0.29, 0.717) is 37.3 Å². The second-order valence-electron chi connectivity index (χ2n) is 8.37. The molecule has 0 unspecified atom stereocenters. The molecule has 1 saturated heterocycles. The van der Waals surface area contributed by atoms with Crippen molar-refractivity contribution in [3.63, 3.8) is 0 Å². The van der Waals surface area contributed by atoms with Crippen LogP contribution in [-0.4, -0.2) is 69.6 Å². The number of rotatable bonds is 5. The molecule has 1 amide bonds. The predicted molar refractivity (Wildman–Crippen MR) is 111 cm³/mol. The molecule has 2 heterocycles. The van der Waals surface area contributed by atoms with Gasteiger partial charge in [-0.1, -0.05) is 0 Å². The molecule has 30 heavy (non-hydrogen) atoms. The number of carboxylic acid groups (broad SMARTS) is 1. The number of carbonyl (C=O) groups is 1. The van der Waals surface area contributed by atoms with Crippen molar-refractivity contribution in [3.8, 4) is 11.4 Å². The number of amides is 1. The average molecular weight is 416 g/mol. The standard InChI is InChI=1S/C22H29FN4O3/c1-16-13-24-27(14-16)19-6-7-21(20(23)12-19)30-15-17-2-4-18(5-3-17)25-8-10-26(11-9-25)22(28)29/h6-7,12-14,17-18H,2-5,8-11,15H2,1H3,(H,28,29). The van der Waals surface area contributed by atoms with E-state index in [-0.39, 0.29) is 11.6 Å². The van der Waals surface area contributed by atoms with Gasteiger partial charge >= 0.3 is 6.09 Å². The van der Waals surface area contributed by atoms with Crippen LogP contribution >= 0.6 is 0 Å². The summed E-state index contributed by atoms with van der Waals surface area (Å²) in [4.78, 5) is 15.0. The van der Waals surface area contributed by atoms with Crippen molar-refractivity contribution in [2.24, 2.45) is 5.92 Å². The van der Waals surface area contributed by atoms with Gasteiger partial charge < -0.3 is 14.7 Å². The van der Waals surface area contributed by atoms with Crippen LogP contribution in [0.1, 0.15) is 31.2 Å². The minimum absolute atomic E-state index is 0.287. The summed E-state index contributed by atoms with van der Waals surface area (Å²) in [6.07, 6.45) is 7.05. The molecule has 8 heteroatoms. The largest absolute Gasteiger partial charge is 0.490 e. The first kappa shape index (κ1) is 20.7. The lowest BCUT2D eigenvalue weighted by Gasteiger charge is -2.41. The molecule has 1 aromatic heterocycles. The van der Waals surface area contributed by atoms with Crippen LogP contribution in [-0.2, 0) is 0 Å². The van der Waals surface area contributed by atoms with Gasteiger partial charge in [0.2, 0.25) is 0 Å². The maximum atomic E-state index is 14.5. The summed E-state index contributed by atoms with van der Waals surface area (Å²) < 4.78 is 21.9. The van der Waals surface area contributed by atoms with Gasteiger partial charge in [0.15, 0.2) is 11.6 Å². The molecule has 1 aromatic carbocycles. The number of aromatic nitrogens is 2. The third-order valence-electron chi connectivity index (χ3n) is 6.28. The highest BCUT2D eigenvalue weighted by Gasteiger charge is 2.29. The Morgan fingerprint density at radius 3 is 2.53 bits per heavy atom. The van der Waals surface area contributed by atoms with E-state index in [2.05, 4.69) is 10.00 Å². The average Bonchev–Trinajstić information content (AvgIpc) is 3.19. The van der Waals surface area contributed by atoms with E-state index in [9.17, 15) is 9.18 Å². The first-order valence-corrected chi connectivity index (χ1v) is 10.7. The topological polar surface area (TPSA) is 70.8 Å². The van der Waals surface area contributed by atoms with E-state index >= 15 is 0 Å². The van der Waals surface area contributed by atoms with E-state index in [1.807, 2.05) is 19.2 Å². The van der Waals surface area contributed by atoms with Gasteiger partial charge in [-0.3, -0.25) is 4.90 Å². The number of aryl methyl sites for hydroxylation is 1. The lowest BCUT2D eigenvalue weighted by Crippen LogP contribution is -2.52. The van der Waals surface area contributed by atoms with Crippen LogP contribution in [0.5, 0.6) is 5.75 Å². The van der Waals surface area contributed by atoms with Gasteiger partial charge in [0, 0.05) is 44.5 Å². The molecule has 4 rings (SSSR count). The van der Waals surface area contributed by atoms with Crippen LogP contribution in [0.15, 0.2) is 30.6 Å². The van der Waals surface area contributed by atoms with Gasteiger partial charge in [0.1, 0.15) is 0 Å². The summed E-state index contributed by atoms with van der Waals surface area (Å²) >= 11 is 0. The number of ether oxygens (including phenoxy) is 1. The Bertz CT molecular complexity index is 871. The SMILES string of the molecule is Cc1cnn(-c2ccc(OCC3CCC(N4CCN(C(=O)O)CC4)CC3)c(F)c2)c1. The maximum absolute atomic E-state index is 14.5. The van der Waals surface area contributed by atoms with E-state index in [0.717, 1.165) is 44.3 Å². The Kier molecular flexibility index (Phi) is 6.22. The molecular weight excluding hydrogens is 387 g/mol. The van der Waals surface area contributed by atoms with Crippen LogP contribution in [0.25, 0.3) is 5.69 Å². The zero-order chi connectivity index (χ0) is 21.1. The third-order valence-corrected chi connectivity index (χ3v) is 6.28. The summed E-state index contributed by atoms with van der Waals surface area (Å²) in [6, 6.07) is 5.47. The highest BCUT2D eigenvalue weighted by atomic mass is 19.1. The Labute approximate surface area is 176 Å². The van der Waals surface area contributed by atoms with Crippen molar-refractivity contribution in [3.05, 3.63) is 42.0 Å². The molecule has 1 saturated carbocycles. The lowest BCUT2D eigenvalue weighted by atomic mass is 9.85. The second-order valence-corrected chi connectivity index (χ2v) is 8.37. The van der Waals surface area contributed by atoms with Gasteiger partial charge in [-0.2, -0.15) is 5.10 Å². The van der Waals surface area contributed by atoms with Gasteiger partial charge in [-0.25, -0.2) is 13.9 Å². The molecular formula is C22H29FN4O3. The van der Waals surface area contributed by atoms with Crippen LogP contribution in [0.4, 0.5) is 9.18 Å². The fraction of sp³-hybridized carbons (Fsp3) is 0.545. The second kappa shape index (κ2) is 9.04. The molecule has 1 aliphatic heterocycles. The monoisotopic (exact) mass is 416 g/mol. The summed E-state index contributed by atoms with van der Waals surface area (Å²) in [7, 11) is 0. The summed E-state index contributed by atoms with van der Waals surface area (Å²) in [5.74, 6) is 0.342. The van der Waals surface area contributed by atoms with Crippen molar-refractivity contribution >= 4 is 6.09 Å². The highest BCUT2D eigenvalue weighted by molar-refractivity contribution is 5.65. The lowest BCUT2D eigenvalue weighted by molar-refractivity contribution is 0.0616. The van der Waals surface area contributed by atoms with Crippen LogP contribution in [0, 0.1) is 18.7 Å². The molecule has 0 radical (unpaired) electrons. The number of benzene rings is 1. The molecule has 2 aliphatic rings. The van der Waals surface area contributed by atoms with E-state index in [1.54, 1.807) is 16.9 Å². The number of nitrogens with zero attached hydrogens (tertiary/aromatic N) is 4. The normalized spacial score (nSPS) is 22.8. The Morgan fingerprint density at radius 2 is 1.93 bits per heavy atom. The van der Waals surface area contributed by atoms with Gasteiger partial charge in [-0.15, -0.1) is 0 Å². The van der Waals surface area contributed by atoms with Crippen LogP contribution in [0.2, 0.25) is 0 Å². The first-order valence-electron chi connectivity index (χ1n) is 10.7. The summed E-state index contributed by atoms with van der Waals surface area (Å²) in [6.45, 7) is 5.27. The van der Waals surface area contributed by atoms with Crippen LogP contribution < -0.4 is 4.74 Å². The third kappa shape index (κ3) is 4.75. The van der Waals surface area contributed by atoms with Crippen LogP contribution in [0.3, 0.4) is 0 Å². The molecule has 1 aliphatic carbocycles. The zero-order valence-electron chi connectivity index (χ0n) is 17.3. The van der Waals surface area contributed by atoms with Crippen molar-refractivity contribution < 1.29 is 19.0 Å². The number of hydrogen-bond acceptors (Lipinski definition) is 4. The molecule has 2 fully saturated rings. The van der Waals surface area contributed by atoms with E-state index < -0.39 is 6.09 Å². The molecule has 1 N–H and O–H groups in total. The smallest absolute Gasteiger partial charge is 0.407 e. The first-order chi connectivity index (χ1) is 14.5. The Morgan fingerprint density at radius 1 is 1.20 bits per heavy atom. The molecule has 7 nitrogen and oxygen atoms in total. The molecule has 0 spiro atoms. The van der Waals surface area contributed by atoms with Gasteiger partial charge in [-0.05, 0) is 56.2 Å². The molecule has 0 bridgehead atoms. The summed E-state index contributed by atoms with van der Waals surface area (Å²) in [5, 5.41) is 13.3. The van der Waals surface area contributed by atoms with Crippen molar-refractivity contribution in [1.29, 1.82) is 0 Å². The fourth-order valence-electron chi connectivity index (χ4n) is 4.47. The minimum atomic E-state index is -0.824. The Balaban J connectivity index is 1.24. The van der Waals surface area contributed by atoms with Gasteiger partial charge in [0.25, 0.3) is 0 Å². The Hall–Kier alpha value is -2.61. The van der Waals surface area contributed by atoms with Crippen molar-refractivity contribution in [1.82, 2.24) is 19.6 Å². The quantitative estimate of drug-likeness (QED) is 0.807. The van der Waals surface area contributed by atoms with Crippen molar-refractivity contribution in [2.45, 2.75) is 38.6 Å². The maximum Gasteiger partial charge on any atom is 0.407 e. The predicted octanol–water partition coefficient (Wildman–Crippen LogP) is 3.55. The van der Waals surface area contributed by atoms with Gasteiger partial charge in [0.05, 0.1) is 18.5 Å². The number of hydrogen-bond donors (Lipinski definition) is 1. The van der Waals surface area contributed by atoms with E-state index in [4.69, 9.17) is 9.84 Å².